The first-order valence-electron chi connectivity index (χ1n) is 16.2. The predicted octanol–water partition coefficient (Wildman–Crippen LogP) is -0.742. The summed E-state index contributed by atoms with van der Waals surface area (Å²) in [5.41, 5.74) is 12.5. The number of phenolic OH excluding ortho intramolecular Hbond substituents is 1. The number of hydrogen-bond acceptors (Lipinski definition) is 10. The summed E-state index contributed by atoms with van der Waals surface area (Å²) in [6.45, 7) is 7.56. The van der Waals surface area contributed by atoms with E-state index >= 15 is 0 Å². The molecule has 0 saturated carbocycles. The molecule has 5 amide bonds. The molecule has 16 heteroatoms. The molecule has 0 radical (unpaired) electrons. The van der Waals surface area contributed by atoms with Crippen LogP contribution in [0.5, 0.6) is 5.75 Å². The third-order valence-electron chi connectivity index (χ3n) is 7.90. The Morgan fingerprint density at radius 3 is 1.94 bits per heavy atom. The van der Waals surface area contributed by atoms with E-state index in [-0.39, 0.29) is 48.6 Å². The number of thiol groups is 1. The molecule has 48 heavy (non-hydrogen) atoms. The van der Waals surface area contributed by atoms with E-state index in [4.69, 9.17) is 11.5 Å². The average Bonchev–Trinajstić information content (AvgIpc) is 3.51. The van der Waals surface area contributed by atoms with Gasteiger partial charge in [-0.25, -0.2) is 4.79 Å². The number of nitrogens with one attached hydrogen (secondary N) is 4. The van der Waals surface area contributed by atoms with Gasteiger partial charge in [-0.1, -0.05) is 39.8 Å². The summed E-state index contributed by atoms with van der Waals surface area (Å²) in [5, 5.41) is 29.3. The van der Waals surface area contributed by atoms with Crippen molar-refractivity contribution in [2.45, 2.75) is 96.1 Å². The Morgan fingerprint density at radius 2 is 1.40 bits per heavy atom. The van der Waals surface area contributed by atoms with Crippen LogP contribution in [0.15, 0.2) is 24.3 Å². The van der Waals surface area contributed by atoms with Gasteiger partial charge in [-0.05, 0) is 55.2 Å². The van der Waals surface area contributed by atoms with Gasteiger partial charge in [-0.15, -0.1) is 0 Å². The van der Waals surface area contributed by atoms with Gasteiger partial charge in [0.2, 0.25) is 29.5 Å². The monoisotopic (exact) mass is 693 g/mol. The van der Waals surface area contributed by atoms with Crippen LogP contribution in [0.25, 0.3) is 0 Å². The highest BCUT2D eigenvalue weighted by Crippen LogP contribution is 2.20. The molecule has 1 aromatic carbocycles. The Bertz CT molecular complexity index is 1280. The van der Waals surface area contributed by atoms with Crippen molar-refractivity contribution in [2.24, 2.45) is 23.3 Å². The van der Waals surface area contributed by atoms with Crippen molar-refractivity contribution in [1.82, 2.24) is 26.2 Å². The van der Waals surface area contributed by atoms with Crippen molar-refractivity contribution in [1.29, 1.82) is 0 Å². The molecule has 10 N–H and O–H groups in total. The molecule has 0 spiro atoms. The Balaban J connectivity index is 2.26. The maximum atomic E-state index is 13.7. The maximum absolute atomic E-state index is 13.7. The van der Waals surface area contributed by atoms with E-state index in [9.17, 15) is 39.0 Å². The Morgan fingerprint density at radius 1 is 0.854 bits per heavy atom. The predicted molar refractivity (Wildman–Crippen MR) is 182 cm³/mol. The van der Waals surface area contributed by atoms with Crippen molar-refractivity contribution in [3.63, 3.8) is 0 Å². The number of carbonyl (C=O) groups excluding carboxylic acids is 5. The number of aromatic hydroxyl groups is 1. The minimum absolute atomic E-state index is 0.00913. The van der Waals surface area contributed by atoms with E-state index in [2.05, 4.69) is 33.9 Å². The van der Waals surface area contributed by atoms with Crippen LogP contribution in [-0.2, 0) is 35.2 Å². The number of hydrogen-bond donors (Lipinski definition) is 9. The minimum atomic E-state index is -1.29. The fourth-order valence-corrected chi connectivity index (χ4v) is 5.65. The number of benzene rings is 1. The first-order chi connectivity index (χ1) is 22.6. The number of carboxylic acids is 1. The molecule has 0 unspecified atom stereocenters. The first kappa shape index (κ1) is 40.3. The summed E-state index contributed by atoms with van der Waals surface area (Å²) >= 11 is 3.97. The van der Waals surface area contributed by atoms with Gasteiger partial charge in [-0.2, -0.15) is 12.6 Å². The Hall–Kier alpha value is -3.89. The molecule has 1 aliphatic heterocycles. The summed E-state index contributed by atoms with van der Waals surface area (Å²) in [6.07, 6.45) is 1.52. The van der Waals surface area contributed by atoms with E-state index in [0.717, 1.165) is 0 Å². The van der Waals surface area contributed by atoms with Gasteiger partial charge in [0.05, 0.1) is 6.04 Å². The third-order valence-corrected chi connectivity index (χ3v) is 8.26. The van der Waals surface area contributed by atoms with Crippen molar-refractivity contribution in [2.75, 3.05) is 18.8 Å². The SMILES string of the molecule is CC(C)C[C@H](NC(=O)[C@H](Cc1ccc(O)cc1)NC(=O)[C@H](CN)NC(=O)[C@@H]1CCCN1C(=O)[C@@H](N)CC(C)C)C(=O)N[C@@H](CS)C(=O)O. The zero-order valence-electron chi connectivity index (χ0n) is 28.0. The zero-order valence-corrected chi connectivity index (χ0v) is 28.9. The highest BCUT2D eigenvalue weighted by molar-refractivity contribution is 7.80. The average molecular weight is 694 g/mol. The fraction of sp³-hybridized carbons (Fsp3) is 0.625. The number of likely N-dealkylation sites (tertiary alicyclic amines) is 1. The minimum Gasteiger partial charge on any atom is -0.508 e. The fourth-order valence-electron chi connectivity index (χ4n) is 5.41. The lowest BCUT2D eigenvalue weighted by molar-refractivity contribution is -0.142. The molecule has 0 aliphatic carbocycles. The molecule has 0 bridgehead atoms. The molecule has 2 rings (SSSR count). The standard InChI is InChI=1S/C32H51N7O8S/c1-17(2)12-21(34)31(45)39-11-5-6-26(39)30(44)37-24(15-33)29(43)36-23(14-19-7-9-20(40)10-8-19)28(42)35-22(13-18(3)4)27(41)38-25(16-48)32(46)47/h7-10,17-18,21-26,40,48H,5-6,11-16,33-34H2,1-4H3,(H,35,42)(H,36,43)(H,37,44)(H,38,41)(H,46,47)/t21-,22-,23-,24-,25-,26-/m0/s1. The van der Waals surface area contributed by atoms with Gasteiger partial charge in [0.15, 0.2) is 0 Å². The number of rotatable bonds is 18. The second kappa shape index (κ2) is 19.2. The van der Waals surface area contributed by atoms with Crippen LogP contribution < -0.4 is 32.7 Å². The molecule has 1 fully saturated rings. The summed E-state index contributed by atoms with van der Waals surface area (Å²) < 4.78 is 0. The lowest BCUT2D eigenvalue weighted by Gasteiger charge is -2.29. The zero-order chi connectivity index (χ0) is 36.1. The van der Waals surface area contributed by atoms with E-state index in [1.54, 1.807) is 12.1 Å². The van der Waals surface area contributed by atoms with Crippen molar-refractivity contribution >= 4 is 48.1 Å². The van der Waals surface area contributed by atoms with Gasteiger partial charge in [0.1, 0.15) is 36.0 Å². The summed E-state index contributed by atoms with van der Waals surface area (Å²) in [7, 11) is 0. The van der Waals surface area contributed by atoms with Gasteiger partial charge in [0, 0.05) is 25.3 Å². The smallest absolute Gasteiger partial charge is 0.327 e. The van der Waals surface area contributed by atoms with Crippen molar-refractivity contribution < 1.29 is 39.0 Å². The number of nitrogens with zero attached hydrogens (tertiary/aromatic N) is 1. The number of carbonyl (C=O) groups is 6. The number of carboxylic acid groups (broad SMARTS) is 1. The molecule has 268 valence electrons. The maximum Gasteiger partial charge on any atom is 0.327 e. The van der Waals surface area contributed by atoms with Crippen LogP contribution in [-0.4, -0.2) is 106 Å². The van der Waals surface area contributed by atoms with Gasteiger partial charge in [0.25, 0.3) is 0 Å². The number of aliphatic carboxylic acids is 1. The Kier molecular flexibility index (Phi) is 16.1. The molecule has 0 aromatic heterocycles. The number of nitrogens with two attached hydrogens (primary N) is 2. The summed E-state index contributed by atoms with van der Waals surface area (Å²) in [4.78, 5) is 79.5. The van der Waals surface area contributed by atoms with Crippen LogP contribution in [0.4, 0.5) is 0 Å². The molecule has 1 saturated heterocycles. The quantitative estimate of drug-likeness (QED) is 0.0872. The summed E-state index contributed by atoms with van der Waals surface area (Å²) in [6, 6.07) is -0.627. The first-order valence-corrected chi connectivity index (χ1v) is 16.8. The lowest BCUT2D eigenvalue weighted by Crippen LogP contribution is -2.61. The van der Waals surface area contributed by atoms with Gasteiger partial charge in [-0.3, -0.25) is 24.0 Å². The van der Waals surface area contributed by atoms with Crippen LogP contribution in [0.2, 0.25) is 0 Å². The number of phenols is 1. The van der Waals surface area contributed by atoms with Crippen molar-refractivity contribution in [3.05, 3.63) is 29.8 Å². The summed E-state index contributed by atoms with van der Waals surface area (Å²) in [5.74, 6) is -4.54. The van der Waals surface area contributed by atoms with Crippen LogP contribution in [0.3, 0.4) is 0 Å². The van der Waals surface area contributed by atoms with E-state index in [1.165, 1.54) is 17.0 Å². The second-order valence-corrected chi connectivity index (χ2v) is 13.3. The van der Waals surface area contributed by atoms with Crippen LogP contribution >= 0.6 is 12.6 Å². The topological polar surface area (TPSA) is 246 Å². The molecule has 1 heterocycles. The largest absolute Gasteiger partial charge is 0.508 e. The normalized spacial score (nSPS) is 17.6. The molecule has 1 aromatic rings. The second-order valence-electron chi connectivity index (χ2n) is 12.9. The van der Waals surface area contributed by atoms with Crippen molar-refractivity contribution in [3.8, 4) is 5.75 Å². The van der Waals surface area contributed by atoms with Crippen LogP contribution in [0.1, 0.15) is 58.9 Å². The van der Waals surface area contributed by atoms with Gasteiger partial charge < -0.3 is 47.8 Å². The third kappa shape index (κ3) is 12.3. The molecular weight excluding hydrogens is 642 g/mol. The highest BCUT2D eigenvalue weighted by atomic mass is 32.1. The van der Waals surface area contributed by atoms with Gasteiger partial charge >= 0.3 is 5.97 Å². The molecular formula is C32H51N7O8S. The van der Waals surface area contributed by atoms with E-state index in [0.29, 0.717) is 31.4 Å². The number of amides is 5. The highest BCUT2D eigenvalue weighted by Gasteiger charge is 2.38. The van der Waals surface area contributed by atoms with E-state index < -0.39 is 65.8 Å². The molecule has 6 atom stereocenters. The molecule has 1 aliphatic rings. The molecule has 15 nitrogen and oxygen atoms in total. The van der Waals surface area contributed by atoms with Crippen LogP contribution in [0, 0.1) is 11.8 Å². The Labute approximate surface area is 286 Å². The van der Waals surface area contributed by atoms with E-state index in [1.807, 2.05) is 27.7 Å². The lowest BCUT2D eigenvalue weighted by atomic mass is 10.0.